The standard InChI is InChI=1S/C34H63N7O7S/c1-22(2)41(49(47)48)20-18-36-21-26(33(3,4)5)38-32(46)39-28(34(6,7)8)31(45)40-19-12-15-25(40)29(43)37-24(27(42)30(44)35-9)14-11-10-13-23-16-17-23/h22-26,28,36H,10-21H2,1-9H3,(H,35,44)(H,37,43)(H,47,48)(H2,38,39,46)/p+1/t24?,25-,26+,28+/m0/s1. The van der Waals surface area contributed by atoms with Crippen LogP contribution in [0.1, 0.15) is 107 Å². The third kappa shape index (κ3) is 13.9. The third-order valence-electron chi connectivity index (χ3n) is 9.45. The van der Waals surface area contributed by atoms with Gasteiger partial charge in [0.05, 0.1) is 31.7 Å². The predicted molar refractivity (Wildman–Crippen MR) is 189 cm³/mol. The van der Waals surface area contributed by atoms with Crippen molar-refractivity contribution < 1.29 is 38.1 Å². The summed E-state index contributed by atoms with van der Waals surface area (Å²) in [6.45, 7) is 17.1. The molecule has 1 heterocycles. The van der Waals surface area contributed by atoms with Crippen LogP contribution in [0.3, 0.4) is 0 Å². The molecule has 282 valence electrons. The Morgan fingerprint density at radius 2 is 1.61 bits per heavy atom. The maximum atomic E-state index is 14.1. The molecule has 15 heteroatoms. The van der Waals surface area contributed by atoms with Crippen LogP contribution in [-0.2, 0) is 30.4 Å². The van der Waals surface area contributed by atoms with Crippen LogP contribution in [0.4, 0.5) is 4.79 Å². The number of urea groups is 1. The van der Waals surface area contributed by atoms with Gasteiger partial charge in [-0.1, -0.05) is 73.6 Å². The number of ketones is 1. The van der Waals surface area contributed by atoms with Gasteiger partial charge < -0.3 is 31.5 Å². The Bertz CT molecular complexity index is 1170. The lowest BCUT2D eigenvalue weighted by molar-refractivity contribution is -0.657. The molecule has 2 aliphatic rings. The van der Waals surface area contributed by atoms with Crippen molar-refractivity contribution >= 4 is 40.8 Å². The number of amides is 5. The van der Waals surface area contributed by atoms with Gasteiger partial charge in [-0.25, -0.2) is 9.00 Å². The third-order valence-corrected chi connectivity index (χ3v) is 10.5. The number of Topliss-reactive ketones (excluding diaryl/α,β-unsaturated/α-hetero) is 1. The maximum Gasteiger partial charge on any atom is 0.315 e. The number of hydrogen-bond acceptors (Lipinski definition) is 6. The molecule has 1 saturated heterocycles. The van der Waals surface area contributed by atoms with E-state index in [1.54, 1.807) is 0 Å². The van der Waals surface area contributed by atoms with Gasteiger partial charge in [0.1, 0.15) is 12.1 Å². The van der Waals surface area contributed by atoms with Gasteiger partial charge in [-0.3, -0.25) is 23.7 Å². The molecule has 5 atom stereocenters. The van der Waals surface area contributed by atoms with E-state index < -0.39 is 58.4 Å². The minimum atomic E-state index is -2.07. The van der Waals surface area contributed by atoms with Crippen LogP contribution in [0, 0.1) is 16.7 Å². The summed E-state index contributed by atoms with van der Waals surface area (Å²) < 4.78 is 22.6. The average molecular weight is 715 g/mol. The van der Waals surface area contributed by atoms with E-state index in [0.29, 0.717) is 51.9 Å². The fraction of sp³-hybridized carbons (Fsp3) is 0.853. The molecule has 2 unspecified atom stereocenters. The minimum Gasteiger partial charge on any atom is -0.353 e. The molecule has 1 aliphatic heterocycles. The van der Waals surface area contributed by atoms with E-state index in [4.69, 9.17) is 0 Å². The van der Waals surface area contributed by atoms with Gasteiger partial charge in [-0.15, -0.1) is 0 Å². The molecule has 0 aromatic carbocycles. The number of likely N-dealkylation sites (tertiary alicyclic amines) is 1. The van der Waals surface area contributed by atoms with E-state index in [0.717, 1.165) is 18.8 Å². The monoisotopic (exact) mass is 714 g/mol. The first-order chi connectivity index (χ1) is 22.8. The summed E-state index contributed by atoms with van der Waals surface area (Å²) in [6.07, 6.45) is 6.51. The Morgan fingerprint density at radius 1 is 0.959 bits per heavy atom. The second kappa shape index (κ2) is 19.1. The second-order valence-electron chi connectivity index (χ2n) is 16.0. The van der Waals surface area contributed by atoms with E-state index in [1.165, 1.54) is 29.1 Å². The van der Waals surface area contributed by atoms with E-state index in [9.17, 15) is 32.7 Å². The second-order valence-corrected chi connectivity index (χ2v) is 17.0. The summed E-state index contributed by atoms with van der Waals surface area (Å²) in [5, 5.41) is 13.1. The zero-order valence-corrected chi connectivity index (χ0v) is 32.0. The van der Waals surface area contributed by atoms with Gasteiger partial charge in [0.2, 0.25) is 28.9 Å². The van der Waals surface area contributed by atoms with Crippen molar-refractivity contribution in [1.29, 1.82) is 0 Å². The molecule has 49 heavy (non-hydrogen) atoms. The van der Waals surface area contributed by atoms with Crippen molar-refractivity contribution in [1.82, 2.24) is 30.5 Å². The highest BCUT2D eigenvalue weighted by atomic mass is 32.2. The van der Waals surface area contributed by atoms with E-state index in [-0.39, 0.29) is 23.4 Å². The molecule has 0 bridgehead atoms. The maximum absolute atomic E-state index is 14.1. The highest BCUT2D eigenvalue weighted by Gasteiger charge is 2.43. The van der Waals surface area contributed by atoms with Crippen molar-refractivity contribution in [2.75, 3.05) is 33.2 Å². The van der Waals surface area contributed by atoms with Gasteiger partial charge in [0.15, 0.2) is 0 Å². The molecule has 7 N–H and O–H groups in total. The van der Waals surface area contributed by atoms with Gasteiger partial charge in [0.25, 0.3) is 5.91 Å². The van der Waals surface area contributed by atoms with Crippen molar-refractivity contribution in [3.05, 3.63) is 0 Å². The van der Waals surface area contributed by atoms with Crippen LogP contribution in [0.2, 0.25) is 0 Å². The summed E-state index contributed by atoms with van der Waals surface area (Å²) in [4.78, 5) is 67.7. The number of nitrogens with zero attached hydrogens (tertiary/aromatic N) is 2. The van der Waals surface area contributed by atoms with Crippen LogP contribution >= 0.6 is 0 Å². The average Bonchev–Trinajstić information content (AvgIpc) is 3.70. The van der Waals surface area contributed by atoms with Gasteiger partial charge in [-0.05, 0) is 49.9 Å². The Hall–Kier alpha value is -2.62. The van der Waals surface area contributed by atoms with Crippen molar-refractivity contribution in [2.45, 2.75) is 137 Å². The minimum absolute atomic E-state index is 0.0946. The molecule has 2 fully saturated rings. The fourth-order valence-electron chi connectivity index (χ4n) is 6.10. The first-order valence-electron chi connectivity index (χ1n) is 17.9. The lowest BCUT2D eigenvalue weighted by Gasteiger charge is -2.37. The lowest BCUT2D eigenvalue weighted by atomic mass is 9.85. The Morgan fingerprint density at radius 3 is 2.14 bits per heavy atom. The Labute approximate surface area is 295 Å². The number of carbonyl (C=O) groups excluding carboxylic acids is 5. The summed E-state index contributed by atoms with van der Waals surface area (Å²) in [6, 6.07) is -3.65. The SMILES string of the molecule is CNC(=O)C(=O)C(CCCCC1CC1)NC(=O)[C@@H]1CCCN1C(=O)[C@@H](NC(=O)N[C@H](C[NH2+]CCN(C(C)C)S(=O)O)C(C)(C)C)C(C)(C)C. The number of likely N-dealkylation sites (N-methyl/N-ethyl adjacent to an activating group) is 1. The molecule has 0 aromatic heterocycles. The smallest absolute Gasteiger partial charge is 0.315 e. The number of rotatable bonds is 19. The molecule has 2 rings (SSSR count). The zero-order valence-electron chi connectivity index (χ0n) is 31.2. The van der Waals surface area contributed by atoms with E-state index >= 15 is 0 Å². The van der Waals surface area contributed by atoms with Crippen molar-refractivity contribution in [3.8, 4) is 0 Å². The summed E-state index contributed by atoms with van der Waals surface area (Å²) in [5.74, 6) is -1.58. The Kier molecular flexibility index (Phi) is 16.6. The van der Waals surface area contributed by atoms with Crippen LogP contribution in [-0.4, -0.2) is 111 Å². The number of unbranched alkanes of at least 4 members (excludes halogenated alkanes) is 1. The topological polar surface area (TPSA) is 194 Å². The number of hydrogen-bond donors (Lipinski definition) is 6. The molecular formula is C34H64N7O7S+. The molecule has 1 saturated carbocycles. The molecule has 0 aromatic rings. The first-order valence-corrected chi connectivity index (χ1v) is 19.0. The summed E-state index contributed by atoms with van der Waals surface area (Å²) in [7, 11) is 1.38. The van der Waals surface area contributed by atoms with Crippen LogP contribution in [0.15, 0.2) is 0 Å². The highest BCUT2D eigenvalue weighted by molar-refractivity contribution is 7.76. The summed E-state index contributed by atoms with van der Waals surface area (Å²) >= 11 is -2.07. The molecule has 0 spiro atoms. The predicted octanol–water partition coefficient (Wildman–Crippen LogP) is 1.29. The van der Waals surface area contributed by atoms with Crippen LogP contribution < -0.4 is 26.6 Å². The van der Waals surface area contributed by atoms with E-state index in [1.807, 2.05) is 60.7 Å². The molecule has 0 radical (unpaired) electrons. The zero-order chi connectivity index (χ0) is 37.1. The summed E-state index contributed by atoms with van der Waals surface area (Å²) in [5.41, 5.74) is -1.02. The molecule has 5 amide bonds. The molecular weight excluding hydrogens is 650 g/mol. The van der Waals surface area contributed by atoms with E-state index in [2.05, 4.69) is 21.3 Å². The van der Waals surface area contributed by atoms with Crippen LogP contribution in [0.25, 0.3) is 0 Å². The molecule has 14 nitrogen and oxygen atoms in total. The van der Waals surface area contributed by atoms with Crippen molar-refractivity contribution in [3.63, 3.8) is 0 Å². The van der Waals surface area contributed by atoms with Crippen LogP contribution in [0.5, 0.6) is 0 Å². The number of carbonyl (C=O) groups is 5. The van der Waals surface area contributed by atoms with Gasteiger partial charge in [0, 0.05) is 19.6 Å². The number of nitrogens with one attached hydrogen (secondary N) is 4. The fourth-order valence-corrected chi connectivity index (χ4v) is 6.73. The quantitative estimate of drug-likeness (QED) is 0.0659. The lowest BCUT2D eigenvalue weighted by Crippen LogP contribution is -2.89. The van der Waals surface area contributed by atoms with Gasteiger partial charge in [-0.2, -0.15) is 4.31 Å². The largest absolute Gasteiger partial charge is 0.353 e. The normalized spacial score (nSPS) is 19.3. The number of nitrogens with two attached hydrogens (primary N) is 1. The van der Waals surface area contributed by atoms with Gasteiger partial charge >= 0.3 is 6.03 Å². The van der Waals surface area contributed by atoms with Crippen molar-refractivity contribution in [2.24, 2.45) is 16.7 Å². The molecule has 1 aliphatic carbocycles. The number of quaternary nitrogens is 1. The highest BCUT2D eigenvalue weighted by Crippen LogP contribution is 2.34. The first kappa shape index (κ1) is 42.5. The Balaban J connectivity index is 2.10.